The van der Waals surface area contributed by atoms with E-state index in [0.717, 1.165) is 6.42 Å². The first-order valence-corrected chi connectivity index (χ1v) is 6.24. The van der Waals surface area contributed by atoms with Gasteiger partial charge in [-0.05, 0) is 12.8 Å². The van der Waals surface area contributed by atoms with Crippen molar-refractivity contribution in [3.63, 3.8) is 0 Å². The van der Waals surface area contributed by atoms with Crippen LogP contribution >= 0.6 is 0 Å². The number of nitrogens with one attached hydrogen (secondary N) is 2. The molecule has 0 aliphatic carbocycles. The van der Waals surface area contributed by atoms with Crippen LogP contribution in [0.5, 0.6) is 0 Å². The van der Waals surface area contributed by atoms with Gasteiger partial charge in [-0.15, -0.1) is 0 Å². The maximum Gasteiger partial charge on any atom is 0.353 e. The largest absolute Gasteiger partial charge is 0.394 e. The summed E-state index contributed by atoms with van der Waals surface area (Å²) in [6.45, 7) is 4.30. The number of hydrogen-bond acceptors (Lipinski definition) is 7. The minimum absolute atomic E-state index is 0.116. The number of hydrogen-bond donors (Lipinski definition) is 3. The molecule has 1 heterocycles. The summed E-state index contributed by atoms with van der Waals surface area (Å²) in [5.41, 5.74) is -0.192. The molecular weight excluding hydrogens is 250 g/mol. The number of rotatable bonds is 8. The van der Waals surface area contributed by atoms with Crippen LogP contribution in [0.1, 0.15) is 26.7 Å². The molecular formula is C11H19N5O3. The summed E-state index contributed by atoms with van der Waals surface area (Å²) < 4.78 is 0. The van der Waals surface area contributed by atoms with Gasteiger partial charge >= 0.3 is 5.69 Å². The highest BCUT2D eigenvalue weighted by Crippen LogP contribution is 2.29. The van der Waals surface area contributed by atoms with Crippen LogP contribution in [0.25, 0.3) is 0 Å². The molecule has 0 saturated carbocycles. The minimum Gasteiger partial charge on any atom is -0.394 e. The molecule has 0 spiro atoms. The van der Waals surface area contributed by atoms with Gasteiger partial charge in [0.2, 0.25) is 11.6 Å². The van der Waals surface area contributed by atoms with Crippen LogP contribution in [0.3, 0.4) is 0 Å². The van der Waals surface area contributed by atoms with Crippen molar-refractivity contribution < 1.29 is 10.0 Å². The van der Waals surface area contributed by atoms with E-state index >= 15 is 0 Å². The van der Waals surface area contributed by atoms with E-state index < -0.39 is 4.92 Å². The summed E-state index contributed by atoms with van der Waals surface area (Å²) in [4.78, 5) is 18.4. The Morgan fingerprint density at radius 1 is 1.42 bits per heavy atom. The van der Waals surface area contributed by atoms with Crippen molar-refractivity contribution >= 4 is 17.3 Å². The van der Waals surface area contributed by atoms with Crippen LogP contribution in [0.4, 0.5) is 17.3 Å². The van der Waals surface area contributed by atoms with Crippen molar-refractivity contribution in [3.05, 3.63) is 16.4 Å². The number of nitro groups is 1. The summed E-state index contributed by atoms with van der Waals surface area (Å²) in [5.74, 6) is 0.316. The third-order valence-electron chi connectivity index (χ3n) is 2.60. The van der Waals surface area contributed by atoms with Crippen LogP contribution in [-0.2, 0) is 0 Å². The maximum atomic E-state index is 11.1. The van der Waals surface area contributed by atoms with E-state index in [9.17, 15) is 10.1 Å². The van der Waals surface area contributed by atoms with Crippen LogP contribution in [0, 0.1) is 10.1 Å². The van der Waals surface area contributed by atoms with Crippen molar-refractivity contribution in [2.24, 2.45) is 0 Å². The average Bonchev–Trinajstić information content (AvgIpc) is 2.42. The first-order valence-electron chi connectivity index (χ1n) is 6.24. The van der Waals surface area contributed by atoms with Gasteiger partial charge in [0.25, 0.3) is 0 Å². The molecule has 0 aliphatic rings. The van der Waals surface area contributed by atoms with Crippen LogP contribution in [-0.4, -0.2) is 39.2 Å². The molecule has 8 heteroatoms. The fraction of sp³-hybridized carbons (Fsp3) is 0.636. The SMILES string of the molecule is CCCNc1ncnc(NC(CC)CO)c1[N+](=O)[O-]. The predicted octanol–water partition coefficient (Wildman–Crippen LogP) is 1.39. The van der Waals surface area contributed by atoms with Crippen molar-refractivity contribution in [2.75, 3.05) is 23.8 Å². The normalized spacial score (nSPS) is 11.9. The lowest BCUT2D eigenvalue weighted by atomic mass is 10.2. The van der Waals surface area contributed by atoms with Gasteiger partial charge in [-0.25, -0.2) is 9.97 Å². The number of anilines is 2. The Morgan fingerprint density at radius 2 is 2.11 bits per heavy atom. The Morgan fingerprint density at radius 3 is 2.63 bits per heavy atom. The third kappa shape index (κ3) is 4.02. The average molecular weight is 269 g/mol. The van der Waals surface area contributed by atoms with Crippen molar-refractivity contribution in [1.29, 1.82) is 0 Å². The van der Waals surface area contributed by atoms with Gasteiger partial charge in [0.05, 0.1) is 17.6 Å². The second-order valence-electron chi connectivity index (χ2n) is 4.04. The van der Waals surface area contributed by atoms with Crippen LogP contribution in [0.2, 0.25) is 0 Å². The summed E-state index contributed by atoms with van der Waals surface area (Å²) >= 11 is 0. The fourth-order valence-corrected chi connectivity index (χ4v) is 1.50. The van der Waals surface area contributed by atoms with Gasteiger partial charge in [-0.2, -0.15) is 0 Å². The molecule has 0 aromatic carbocycles. The Kier molecular flexibility index (Phi) is 5.94. The second kappa shape index (κ2) is 7.47. The van der Waals surface area contributed by atoms with Crippen molar-refractivity contribution in [3.8, 4) is 0 Å². The summed E-state index contributed by atoms with van der Waals surface area (Å²) in [7, 11) is 0. The molecule has 0 bridgehead atoms. The van der Waals surface area contributed by atoms with Gasteiger partial charge < -0.3 is 15.7 Å². The Balaban J connectivity index is 3.05. The molecule has 1 aromatic heterocycles. The van der Waals surface area contributed by atoms with E-state index in [4.69, 9.17) is 5.11 Å². The first-order chi connectivity index (χ1) is 9.13. The molecule has 1 atom stereocenters. The highest BCUT2D eigenvalue weighted by molar-refractivity contribution is 5.69. The Bertz CT molecular complexity index is 423. The molecule has 0 amide bonds. The molecule has 0 saturated heterocycles. The number of aliphatic hydroxyl groups is 1. The van der Waals surface area contributed by atoms with E-state index in [1.54, 1.807) is 0 Å². The predicted molar refractivity (Wildman–Crippen MR) is 72.3 cm³/mol. The highest BCUT2D eigenvalue weighted by Gasteiger charge is 2.23. The van der Waals surface area contributed by atoms with Crippen LogP contribution < -0.4 is 10.6 Å². The van der Waals surface area contributed by atoms with Gasteiger partial charge in [0, 0.05) is 6.54 Å². The molecule has 0 fully saturated rings. The highest BCUT2D eigenvalue weighted by atomic mass is 16.6. The lowest BCUT2D eigenvalue weighted by molar-refractivity contribution is -0.383. The topological polar surface area (TPSA) is 113 Å². The smallest absolute Gasteiger partial charge is 0.353 e. The van der Waals surface area contributed by atoms with E-state index in [2.05, 4.69) is 20.6 Å². The molecule has 8 nitrogen and oxygen atoms in total. The van der Waals surface area contributed by atoms with Gasteiger partial charge in [-0.1, -0.05) is 13.8 Å². The zero-order valence-corrected chi connectivity index (χ0v) is 11.1. The third-order valence-corrected chi connectivity index (χ3v) is 2.60. The maximum absolute atomic E-state index is 11.1. The van der Waals surface area contributed by atoms with Crippen molar-refractivity contribution in [2.45, 2.75) is 32.7 Å². The van der Waals surface area contributed by atoms with Gasteiger partial charge in [0.15, 0.2) is 0 Å². The standard InChI is InChI=1S/C11H19N5O3/c1-3-5-12-10-9(16(18)19)11(14-7-13-10)15-8(4-2)6-17/h7-8,17H,3-6H2,1-2H3,(H2,12,13,14,15). The lowest BCUT2D eigenvalue weighted by Gasteiger charge is -2.15. The zero-order valence-electron chi connectivity index (χ0n) is 11.1. The molecule has 1 rings (SSSR count). The molecule has 0 radical (unpaired) electrons. The molecule has 3 N–H and O–H groups in total. The molecule has 1 unspecified atom stereocenters. The number of aliphatic hydroxyl groups excluding tert-OH is 1. The molecule has 0 aliphatic heterocycles. The number of nitrogens with zero attached hydrogens (tertiary/aromatic N) is 3. The monoisotopic (exact) mass is 269 g/mol. The van der Waals surface area contributed by atoms with Gasteiger partial charge in [-0.3, -0.25) is 10.1 Å². The second-order valence-corrected chi connectivity index (χ2v) is 4.04. The number of aromatic nitrogens is 2. The Hall–Kier alpha value is -1.96. The quantitative estimate of drug-likeness (QED) is 0.482. The van der Waals surface area contributed by atoms with Crippen LogP contribution in [0.15, 0.2) is 6.33 Å². The fourth-order valence-electron chi connectivity index (χ4n) is 1.50. The van der Waals surface area contributed by atoms with Crippen molar-refractivity contribution in [1.82, 2.24) is 9.97 Å². The lowest BCUT2D eigenvalue weighted by Crippen LogP contribution is -2.24. The van der Waals surface area contributed by atoms with Gasteiger partial charge in [0.1, 0.15) is 6.33 Å². The zero-order chi connectivity index (χ0) is 14.3. The summed E-state index contributed by atoms with van der Waals surface area (Å²) in [6, 6.07) is -0.271. The first kappa shape index (κ1) is 15.1. The minimum atomic E-state index is -0.523. The summed E-state index contributed by atoms with van der Waals surface area (Å²) in [5, 5.41) is 26.0. The molecule has 1 aromatic rings. The Labute approximate surface area is 111 Å². The van der Waals surface area contributed by atoms with E-state index in [-0.39, 0.29) is 30.0 Å². The summed E-state index contributed by atoms with van der Waals surface area (Å²) in [6.07, 6.45) is 2.73. The molecule has 19 heavy (non-hydrogen) atoms. The van der Waals surface area contributed by atoms with E-state index in [0.29, 0.717) is 13.0 Å². The van der Waals surface area contributed by atoms with E-state index in [1.165, 1.54) is 6.33 Å². The molecule has 106 valence electrons. The van der Waals surface area contributed by atoms with E-state index in [1.807, 2.05) is 13.8 Å².